The normalized spacial score (nSPS) is 14.7. The van der Waals surface area contributed by atoms with Crippen molar-refractivity contribution in [1.82, 2.24) is 14.9 Å². The summed E-state index contributed by atoms with van der Waals surface area (Å²) in [6, 6.07) is 9.62. The summed E-state index contributed by atoms with van der Waals surface area (Å²) < 4.78 is 0. The van der Waals surface area contributed by atoms with Gasteiger partial charge in [-0.2, -0.15) is 0 Å². The molecular formula is C19H25N5O. The monoisotopic (exact) mass is 339 g/mol. The topological polar surface area (TPSA) is 61.4 Å². The van der Waals surface area contributed by atoms with Crippen molar-refractivity contribution < 1.29 is 4.79 Å². The van der Waals surface area contributed by atoms with E-state index in [1.54, 1.807) is 18.5 Å². The number of rotatable bonds is 5. The van der Waals surface area contributed by atoms with Crippen LogP contribution in [0.1, 0.15) is 24.3 Å². The van der Waals surface area contributed by atoms with Crippen LogP contribution in [0.3, 0.4) is 0 Å². The van der Waals surface area contributed by atoms with Gasteiger partial charge in [0.25, 0.3) is 5.91 Å². The molecule has 0 atom stereocenters. The summed E-state index contributed by atoms with van der Waals surface area (Å²) in [7, 11) is 0. The summed E-state index contributed by atoms with van der Waals surface area (Å²) in [6.07, 6.45) is 3.53. The molecule has 0 bridgehead atoms. The number of aromatic nitrogens is 2. The number of amides is 1. The van der Waals surface area contributed by atoms with Gasteiger partial charge in [-0.15, -0.1) is 0 Å². The van der Waals surface area contributed by atoms with Gasteiger partial charge in [-0.25, -0.2) is 9.97 Å². The molecular weight excluding hydrogens is 314 g/mol. The predicted octanol–water partition coefficient (Wildman–Crippen LogP) is 2.51. The van der Waals surface area contributed by atoms with Crippen molar-refractivity contribution >= 4 is 17.4 Å². The first-order valence-electron chi connectivity index (χ1n) is 8.78. The van der Waals surface area contributed by atoms with Crippen LogP contribution in [-0.2, 0) is 0 Å². The van der Waals surface area contributed by atoms with Gasteiger partial charge in [-0.1, -0.05) is 19.9 Å². The van der Waals surface area contributed by atoms with E-state index in [0.717, 1.165) is 31.1 Å². The van der Waals surface area contributed by atoms with Gasteiger partial charge in [0.15, 0.2) is 0 Å². The molecule has 3 rings (SSSR count). The highest BCUT2D eigenvalue weighted by molar-refractivity contribution is 5.92. The smallest absolute Gasteiger partial charge is 0.272 e. The lowest BCUT2D eigenvalue weighted by Crippen LogP contribution is -2.49. The van der Waals surface area contributed by atoms with Crippen molar-refractivity contribution in [1.29, 1.82) is 0 Å². The van der Waals surface area contributed by atoms with E-state index in [1.807, 2.05) is 29.2 Å². The molecule has 0 saturated carbocycles. The molecule has 1 aliphatic rings. The molecule has 1 aliphatic heterocycles. The Labute approximate surface area is 148 Å². The quantitative estimate of drug-likeness (QED) is 0.907. The molecule has 0 radical (unpaired) electrons. The zero-order valence-electron chi connectivity index (χ0n) is 14.9. The van der Waals surface area contributed by atoms with Crippen LogP contribution in [0.15, 0.2) is 42.7 Å². The molecule has 0 spiro atoms. The highest BCUT2D eigenvalue weighted by Gasteiger charge is 2.23. The van der Waals surface area contributed by atoms with E-state index >= 15 is 0 Å². The minimum atomic E-state index is -0.00363. The number of pyridine rings is 2. The maximum absolute atomic E-state index is 12.6. The Balaban J connectivity index is 1.55. The summed E-state index contributed by atoms with van der Waals surface area (Å²) in [5, 5.41) is 3.31. The fourth-order valence-corrected chi connectivity index (χ4v) is 2.79. The number of hydrogen-bond acceptors (Lipinski definition) is 5. The standard InChI is InChI=1S/C19H25N5O/c1-15(2)13-21-16-6-7-17(22-14-16)19(25)24-11-9-23(10-12-24)18-5-3-4-8-20-18/h3-8,14-15,21H,9-13H2,1-2H3. The largest absolute Gasteiger partial charge is 0.384 e. The second-order valence-corrected chi connectivity index (χ2v) is 6.67. The van der Waals surface area contributed by atoms with Gasteiger partial charge in [0, 0.05) is 38.9 Å². The lowest BCUT2D eigenvalue weighted by Gasteiger charge is -2.35. The Morgan fingerprint density at radius 3 is 2.52 bits per heavy atom. The third-order valence-corrected chi connectivity index (χ3v) is 4.24. The summed E-state index contributed by atoms with van der Waals surface area (Å²) in [4.78, 5) is 25.4. The number of nitrogens with zero attached hydrogens (tertiary/aromatic N) is 4. The third-order valence-electron chi connectivity index (χ3n) is 4.24. The van der Waals surface area contributed by atoms with E-state index in [-0.39, 0.29) is 5.91 Å². The minimum absolute atomic E-state index is 0.00363. The Hall–Kier alpha value is -2.63. The molecule has 25 heavy (non-hydrogen) atoms. The van der Waals surface area contributed by atoms with E-state index in [9.17, 15) is 4.79 Å². The minimum Gasteiger partial charge on any atom is -0.384 e. The Bertz CT molecular complexity index is 679. The van der Waals surface area contributed by atoms with Crippen molar-refractivity contribution in [2.24, 2.45) is 5.92 Å². The zero-order chi connectivity index (χ0) is 17.6. The van der Waals surface area contributed by atoms with Gasteiger partial charge in [-0.3, -0.25) is 4.79 Å². The van der Waals surface area contributed by atoms with E-state index in [1.165, 1.54) is 0 Å². The van der Waals surface area contributed by atoms with Crippen molar-refractivity contribution in [3.63, 3.8) is 0 Å². The fraction of sp³-hybridized carbons (Fsp3) is 0.421. The van der Waals surface area contributed by atoms with Crippen LogP contribution in [0, 0.1) is 5.92 Å². The molecule has 0 aliphatic carbocycles. The van der Waals surface area contributed by atoms with Gasteiger partial charge in [-0.05, 0) is 30.2 Å². The van der Waals surface area contributed by atoms with Gasteiger partial charge in [0.05, 0.1) is 11.9 Å². The third kappa shape index (κ3) is 4.47. The van der Waals surface area contributed by atoms with Crippen molar-refractivity contribution in [2.45, 2.75) is 13.8 Å². The fourth-order valence-electron chi connectivity index (χ4n) is 2.79. The molecule has 2 aromatic rings. The molecule has 1 N–H and O–H groups in total. The molecule has 1 fully saturated rings. The number of carbonyl (C=O) groups excluding carboxylic acids is 1. The van der Waals surface area contributed by atoms with Crippen molar-refractivity contribution in [3.05, 3.63) is 48.4 Å². The highest BCUT2D eigenvalue weighted by atomic mass is 16.2. The van der Waals surface area contributed by atoms with Gasteiger partial charge >= 0.3 is 0 Å². The molecule has 3 heterocycles. The van der Waals surface area contributed by atoms with Crippen LogP contribution in [0.25, 0.3) is 0 Å². The second-order valence-electron chi connectivity index (χ2n) is 6.67. The first kappa shape index (κ1) is 17.2. The zero-order valence-corrected chi connectivity index (χ0v) is 14.9. The summed E-state index contributed by atoms with van der Waals surface area (Å²) >= 11 is 0. The number of carbonyl (C=O) groups is 1. The van der Waals surface area contributed by atoms with Crippen LogP contribution in [0.5, 0.6) is 0 Å². The van der Waals surface area contributed by atoms with Gasteiger partial charge in [0.1, 0.15) is 11.5 Å². The number of anilines is 2. The van der Waals surface area contributed by atoms with Crippen LogP contribution in [-0.4, -0.2) is 53.5 Å². The van der Waals surface area contributed by atoms with Gasteiger partial charge < -0.3 is 15.1 Å². The number of piperazine rings is 1. The van der Waals surface area contributed by atoms with E-state index in [4.69, 9.17) is 0 Å². The lowest BCUT2D eigenvalue weighted by atomic mass is 10.2. The molecule has 1 amide bonds. The van der Waals surface area contributed by atoms with Crippen molar-refractivity contribution in [3.8, 4) is 0 Å². The predicted molar refractivity (Wildman–Crippen MR) is 99.9 cm³/mol. The molecule has 6 nitrogen and oxygen atoms in total. The molecule has 2 aromatic heterocycles. The maximum Gasteiger partial charge on any atom is 0.272 e. The van der Waals surface area contributed by atoms with Gasteiger partial charge in [0.2, 0.25) is 0 Å². The summed E-state index contributed by atoms with van der Waals surface area (Å²) in [5.74, 6) is 1.53. The lowest BCUT2D eigenvalue weighted by molar-refractivity contribution is 0.0740. The SMILES string of the molecule is CC(C)CNc1ccc(C(=O)N2CCN(c3ccccn3)CC2)nc1. The Kier molecular flexibility index (Phi) is 5.48. The Morgan fingerprint density at radius 1 is 1.12 bits per heavy atom. The van der Waals surface area contributed by atoms with Crippen LogP contribution >= 0.6 is 0 Å². The first-order valence-corrected chi connectivity index (χ1v) is 8.78. The van der Waals surface area contributed by atoms with Crippen LogP contribution in [0.4, 0.5) is 11.5 Å². The second kappa shape index (κ2) is 7.96. The number of hydrogen-bond donors (Lipinski definition) is 1. The molecule has 1 saturated heterocycles. The number of nitrogens with one attached hydrogen (secondary N) is 1. The summed E-state index contributed by atoms with van der Waals surface area (Å²) in [6.45, 7) is 8.15. The molecule has 0 aromatic carbocycles. The van der Waals surface area contributed by atoms with E-state index in [0.29, 0.717) is 24.7 Å². The van der Waals surface area contributed by atoms with E-state index < -0.39 is 0 Å². The Morgan fingerprint density at radius 2 is 1.92 bits per heavy atom. The van der Waals surface area contributed by atoms with Crippen molar-refractivity contribution in [2.75, 3.05) is 42.9 Å². The average Bonchev–Trinajstić information content (AvgIpc) is 2.67. The molecule has 132 valence electrons. The van der Waals surface area contributed by atoms with Crippen LogP contribution < -0.4 is 10.2 Å². The molecule has 0 unspecified atom stereocenters. The van der Waals surface area contributed by atoms with Crippen LogP contribution in [0.2, 0.25) is 0 Å². The average molecular weight is 339 g/mol. The first-order chi connectivity index (χ1) is 12.1. The maximum atomic E-state index is 12.6. The van der Waals surface area contributed by atoms with E-state index in [2.05, 4.69) is 34.0 Å². The highest BCUT2D eigenvalue weighted by Crippen LogP contribution is 2.15. The molecule has 6 heteroatoms. The summed E-state index contributed by atoms with van der Waals surface area (Å²) in [5.41, 5.74) is 1.45.